The number of carbonyl (C=O) groups is 2. The summed E-state index contributed by atoms with van der Waals surface area (Å²) < 4.78 is 33.7. The summed E-state index contributed by atoms with van der Waals surface area (Å²) in [5.74, 6) is -0.323. The van der Waals surface area contributed by atoms with Crippen molar-refractivity contribution >= 4 is 50.7 Å². The lowest BCUT2D eigenvalue weighted by Crippen LogP contribution is -2.52. The van der Waals surface area contributed by atoms with Crippen LogP contribution in [0.4, 0.5) is 5.69 Å². The minimum atomic E-state index is -4.22. The van der Waals surface area contributed by atoms with Gasteiger partial charge in [0, 0.05) is 17.6 Å². The molecule has 0 saturated heterocycles. The van der Waals surface area contributed by atoms with E-state index in [4.69, 9.17) is 27.9 Å². The van der Waals surface area contributed by atoms with E-state index >= 15 is 0 Å². The Kier molecular flexibility index (Phi) is 10.2. The highest BCUT2D eigenvalue weighted by atomic mass is 35.5. The van der Waals surface area contributed by atoms with Crippen LogP contribution in [0.5, 0.6) is 5.75 Å². The van der Waals surface area contributed by atoms with E-state index < -0.39 is 28.5 Å². The largest absolute Gasteiger partial charge is 0.497 e. The van der Waals surface area contributed by atoms with Gasteiger partial charge < -0.3 is 15.0 Å². The smallest absolute Gasteiger partial charge is 0.264 e. The Hall–Kier alpha value is -3.27. The zero-order valence-corrected chi connectivity index (χ0v) is 24.4. The van der Waals surface area contributed by atoms with Gasteiger partial charge in [0.25, 0.3) is 10.0 Å². The summed E-state index contributed by atoms with van der Waals surface area (Å²) in [6.45, 7) is 4.69. The van der Waals surface area contributed by atoms with Crippen molar-refractivity contribution in [2.45, 2.75) is 44.3 Å². The third kappa shape index (κ3) is 7.65. The number of benzene rings is 3. The molecular weight excluding hydrogens is 561 g/mol. The summed E-state index contributed by atoms with van der Waals surface area (Å²) in [6.07, 6.45) is 0. The van der Waals surface area contributed by atoms with Crippen LogP contribution < -0.4 is 14.4 Å². The number of hydrogen-bond acceptors (Lipinski definition) is 5. The quantitative estimate of drug-likeness (QED) is 0.333. The van der Waals surface area contributed by atoms with E-state index in [1.54, 1.807) is 56.5 Å². The second-order valence-corrected chi connectivity index (χ2v) is 11.8. The van der Waals surface area contributed by atoms with Crippen molar-refractivity contribution < 1.29 is 22.7 Å². The Morgan fingerprint density at radius 3 is 2.15 bits per heavy atom. The van der Waals surface area contributed by atoms with Gasteiger partial charge in [0.05, 0.1) is 22.7 Å². The summed E-state index contributed by atoms with van der Waals surface area (Å²) >= 11 is 12.5. The molecule has 0 saturated carbocycles. The van der Waals surface area contributed by atoms with E-state index in [0.717, 1.165) is 9.87 Å². The molecule has 2 amide bonds. The summed E-state index contributed by atoms with van der Waals surface area (Å²) in [5.41, 5.74) is 0.817. The fourth-order valence-corrected chi connectivity index (χ4v) is 5.85. The molecule has 0 aliphatic carbocycles. The van der Waals surface area contributed by atoms with Crippen LogP contribution in [-0.2, 0) is 26.2 Å². The van der Waals surface area contributed by atoms with Crippen LogP contribution >= 0.6 is 23.2 Å². The molecule has 0 unspecified atom stereocenters. The zero-order chi connectivity index (χ0) is 28.7. The van der Waals surface area contributed by atoms with Gasteiger partial charge in [-0.15, -0.1) is 0 Å². The number of anilines is 1. The Balaban J connectivity index is 2.04. The molecular formula is C28H31Cl2N3O5S. The zero-order valence-electron chi connectivity index (χ0n) is 22.1. The van der Waals surface area contributed by atoms with E-state index in [9.17, 15) is 18.0 Å². The van der Waals surface area contributed by atoms with Gasteiger partial charge in [0.15, 0.2) is 0 Å². The van der Waals surface area contributed by atoms with Gasteiger partial charge in [-0.25, -0.2) is 8.42 Å². The third-order valence-corrected chi connectivity index (χ3v) is 8.21. The van der Waals surface area contributed by atoms with E-state index in [0.29, 0.717) is 10.8 Å². The molecule has 0 aliphatic rings. The van der Waals surface area contributed by atoms with Gasteiger partial charge in [-0.05, 0) is 68.8 Å². The second-order valence-electron chi connectivity index (χ2n) is 9.13. The van der Waals surface area contributed by atoms with Gasteiger partial charge in [0.1, 0.15) is 18.3 Å². The van der Waals surface area contributed by atoms with Crippen molar-refractivity contribution in [3.63, 3.8) is 0 Å². The number of rotatable bonds is 11. The van der Waals surface area contributed by atoms with Gasteiger partial charge in [-0.3, -0.25) is 13.9 Å². The predicted molar refractivity (Wildman–Crippen MR) is 154 cm³/mol. The second kappa shape index (κ2) is 13.2. The molecule has 3 aromatic rings. The molecule has 0 heterocycles. The van der Waals surface area contributed by atoms with Crippen molar-refractivity contribution in [2.75, 3.05) is 18.0 Å². The van der Waals surface area contributed by atoms with Crippen LogP contribution in [0.2, 0.25) is 10.0 Å². The third-order valence-electron chi connectivity index (χ3n) is 5.90. The number of nitrogens with one attached hydrogen (secondary N) is 1. The fraction of sp³-hybridized carbons (Fsp3) is 0.286. The molecule has 0 radical (unpaired) electrons. The summed E-state index contributed by atoms with van der Waals surface area (Å²) in [4.78, 5) is 28.2. The van der Waals surface area contributed by atoms with E-state index in [-0.39, 0.29) is 34.1 Å². The first-order chi connectivity index (χ1) is 18.4. The molecule has 0 aliphatic heterocycles. The number of amides is 2. The average Bonchev–Trinajstić information content (AvgIpc) is 2.90. The Morgan fingerprint density at radius 2 is 1.59 bits per heavy atom. The minimum absolute atomic E-state index is 0.0175. The molecule has 11 heteroatoms. The average molecular weight is 593 g/mol. The number of halogens is 2. The lowest BCUT2D eigenvalue weighted by Gasteiger charge is -2.32. The molecule has 0 aromatic heterocycles. The SMILES string of the molecule is COc1ccc(CN(C(=O)CN(c2ccc(Cl)cc2Cl)S(=O)(=O)c2ccccc2)[C@@H](C)C(=O)NC(C)C)cc1. The van der Waals surface area contributed by atoms with Crippen molar-refractivity contribution in [1.29, 1.82) is 0 Å². The van der Waals surface area contributed by atoms with Crippen LogP contribution in [0.1, 0.15) is 26.3 Å². The van der Waals surface area contributed by atoms with Crippen LogP contribution in [-0.4, -0.2) is 50.9 Å². The number of methoxy groups -OCH3 is 1. The molecule has 0 spiro atoms. The lowest BCUT2D eigenvalue weighted by atomic mass is 10.1. The topological polar surface area (TPSA) is 96.0 Å². The monoisotopic (exact) mass is 591 g/mol. The molecule has 0 fully saturated rings. The molecule has 39 heavy (non-hydrogen) atoms. The Bertz CT molecular complexity index is 1400. The minimum Gasteiger partial charge on any atom is -0.497 e. The first-order valence-electron chi connectivity index (χ1n) is 12.2. The van der Waals surface area contributed by atoms with E-state index in [1.807, 2.05) is 13.8 Å². The van der Waals surface area contributed by atoms with Crippen molar-refractivity contribution in [3.05, 3.63) is 88.4 Å². The number of ether oxygens (including phenoxy) is 1. The highest BCUT2D eigenvalue weighted by Gasteiger charge is 2.33. The van der Waals surface area contributed by atoms with Crippen LogP contribution in [0.3, 0.4) is 0 Å². The molecule has 208 valence electrons. The normalized spacial score (nSPS) is 12.1. The van der Waals surface area contributed by atoms with Gasteiger partial charge in [-0.1, -0.05) is 53.5 Å². The standard InChI is InChI=1S/C28H31Cl2N3O5S/c1-19(2)31-28(35)20(3)32(17-21-10-13-23(38-4)14-11-21)27(34)18-33(26-15-12-22(29)16-25(26)30)39(36,37)24-8-6-5-7-9-24/h5-16,19-20H,17-18H2,1-4H3,(H,31,35)/t20-/m0/s1. The maximum absolute atomic E-state index is 13.9. The number of sulfonamides is 1. The fourth-order valence-electron chi connectivity index (χ4n) is 3.83. The Morgan fingerprint density at radius 1 is 0.949 bits per heavy atom. The van der Waals surface area contributed by atoms with Gasteiger partial charge in [0.2, 0.25) is 11.8 Å². The molecule has 3 rings (SSSR count). The summed E-state index contributed by atoms with van der Waals surface area (Å²) in [5, 5.41) is 3.19. The van der Waals surface area contributed by atoms with Crippen LogP contribution in [0.25, 0.3) is 0 Å². The first-order valence-corrected chi connectivity index (χ1v) is 14.4. The molecule has 3 aromatic carbocycles. The lowest BCUT2D eigenvalue weighted by molar-refractivity contribution is -0.139. The number of carbonyl (C=O) groups excluding carboxylic acids is 2. The van der Waals surface area contributed by atoms with Crippen molar-refractivity contribution in [2.24, 2.45) is 0 Å². The van der Waals surface area contributed by atoms with Gasteiger partial charge >= 0.3 is 0 Å². The maximum atomic E-state index is 13.9. The molecule has 1 atom stereocenters. The predicted octanol–water partition coefficient (Wildman–Crippen LogP) is 5.14. The molecule has 1 N–H and O–H groups in total. The van der Waals surface area contributed by atoms with Crippen molar-refractivity contribution in [1.82, 2.24) is 10.2 Å². The first kappa shape index (κ1) is 30.3. The van der Waals surface area contributed by atoms with Crippen LogP contribution in [0.15, 0.2) is 77.7 Å². The number of hydrogen-bond donors (Lipinski definition) is 1. The highest BCUT2D eigenvalue weighted by molar-refractivity contribution is 7.92. The highest BCUT2D eigenvalue weighted by Crippen LogP contribution is 2.33. The summed E-state index contributed by atoms with van der Waals surface area (Å²) in [7, 11) is -2.68. The Labute approximate surface area is 239 Å². The number of nitrogens with zero attached hydrogens (tertiary/aromatic N) is 2. The van der Waals surface area contributed by atoms with E-state index in [1.165, 1.54) is 35.2 Å². The van der Waals surface area contributed by atoms with Crippen LogP contribution in [0, 0.1) is 0 Å². The van der Waals surface area contributed by atoms with Gasteiger partial charge in [-0.2, -0.15) is 0 Å². The molecule has 8 nitrogen and oxygen atoms in total. The maximum Gasteiger partial charge on any atom is 0.264 e. The van der Waals surface area contributed by atoms with E-state index in [2.05, 4.69) is 5.32 Å². The van der Waals surface area contributed by atoms with Crippen molar-refractivity contribution in [3.8, 4) is 5.75 Å². The molecule has 0 bridgehead atoms. The summed E-state index contributed by atoms with van der Waals surface area (Å²) in [6, 6.07) is 18.1.